The molecule has 0 saturated heterocycles. The van der Waals surface area contributed by atoms with Gasteiger partial charge in [0.25, 0.3) is 0 Å². The van der Waals surface area contributed by atoms with Gasteiger partial charge in [0.05, 0.1) is 0 Å². The molecule has 27 heavy (non-hydrogen) atoms. The number of rotatable bonds is 5. The molecular formula is C22H27N5. The second-order valence-corrected chi connectivity index (χ2v) is 7.08. The van der Waals surface area contributed by atoms with Crippen LogP contribution in [0.4, 0.5) is 0 Å². The molecule has 1 aliphatic rings. The number of hydrogen-bond acceptors (Lipinski definition) is 2. The van der Waals surface area contributed by atoms with Crippen molar-refractivity contribution < 1.29 is 0 Å². The van der Waals surface area contributed by atoms with Crippen LogP contribution in [0, 0.1) is 0 Å². The summed E-state index contributed by atoms with van der Waals surface area (Å²) >= 11 is 0. The molecule has 0 aliphatic heterocycles. The van der Waals surface area contributed by atoms with E-state index in [1.165, 1.54) is 22.1 Å². The maximum absolute atomic E-state index is 4.81. The van der Waals surface area contributed by atoms with Gasteiger partial charge in [-0.05, 0) is 61.4 Å². The first kappa shape index (κ1) is 17.6. The van der Waals surface area contributed by atoms with Crippen molar-refractivity contribution in [3.05, 3.63) is 65.5 Å². The first-order valence-corrected chi connectivity index (χ1v) is 9.86. The fourth-order valence-electron chi connectivity index (χ4n) is 3.84. The van der Waals surface area contributed by atoms with Gasteiger partial charge >= 0.3 is 0 Å². The van der Waals surface area contributed by atoms with Crippen LogP contribution >= 0.6 is 0 Å². The predicted molar refractivity (Wildman–Crippen MR) is 111 cm³/mol. The molecule has 0 saturated carbocycles. The van der Waals surface area contributed by atoms with Gasteiger partial charge in [0, 0.05) is 36.9 Å². The van der Waals surface area contributed by atoms with Crippen molar-refractivity contribution in [2.45, 2.75) is 38.6 Å². The Labute approximate surface area is 160 Å². The zero-order valence-corrected chi connectivity index (χ0v) is 15.8. The van der Waals surface area contributed by atoms with E-state index in [-0.39, 0.29) is 0 Å². The molecule has 5 heteroatoms. The molecule has 1 aliphatic carbocycles. The van der Waals surface area contributed by atoms with Crippen LogP contribution in [0.5, 0.6) is 0 Å². The first-order valence-electron chi connectivity index (χ1n) is 9.86. The van der Waals surface area contributed by atoms with Crippen molar-refractivity contribution in [3.8, 4) is 0 Å². The SMILES string of the molecule is CCNC(=NCCc1c[nH]c2ncccc12)NC1CCc2ccccc2C1. The molecule has 3 N–H and O–H groups in total. The first-order chi connectivity index (χ1) is 13.3. The zero-order chi connectivity index (χ0) is 18.5. The quantitative estimate of drug-likeness (QED) is 0.483. The van der Waals surface area contributed by atoms with Gasteiger partial charge in [-0.2, -0.15) is 0 Å². The number of benzene rings is 1. The summed E-state index contributed by atoms with van der Waals surface area (Å²) in [7, 11) is 0. The molecule has 5 nitrogen and oxygen atoms in total. The summed E-state index contributed by atoms with van der Waals surface area (Å²) in [5.41, 5.74) is 5.17. The van der Waals surface area contributed by atoms with Crippen molar-refractivity contribution in [2.24, 2.45) is 4.99 Å². The minimum absolute atomic E-state index is 0.440. The van der Waals surface area contributed by atoms with Gasteiger partial charge in [0.2, 0.25) is 0 Å². The number of pyridine rings is 1. The second-order valence-electron chi connectivity index (χ2n) is 7.08. The highest BCUT2D eigenvalue weighted by Crippen LogP contribution is 2.21. The molecular weight excluding hydrogens is 334 g/mol. The smallest absolute Gasteiger partial charge is 0.191 e. The van der Waals surface area contributed by atoms with Crippen LogP contribution in [0.2, 0.25) is 0 Å². The minimum Gasteiger partial charge on any atom is -0.357 e. The van der Waals surface area contributed by atoms with E-state index in [0.29, 0.717) is 6.04 Å². The molecule has 0 bridgehead atoms. The number of aryl methyl sites for hydroxylation is 1. The lowest BCUT2D eigenvalue weighted by molar-refractivity contribution is 0.521. The summed E-state index contributed by atoms with van der Waals surface area (Å²) in [6.07, 6.45) is 8.11. The maximum atomic E-state index is 4.81. The Balaban J connectivity index is 1.39. The van der Waals surface area contributed by atoms with Gasteiger partial charge in [-0.25, -0.2) is 4.98 Å². The van der Waals surface area contributed by atoms with Crippen molar-refractivity contribution >= 4 is 17.0 Å². The van der Waals surface area contributed by atoms with Gasteiger partial charge in [-0.3, -0.25) is 4.99 Å². The summed E-state index contributed by atoms with van der Waals surface area (Å²) in [4.78, 5) is 12.4. The van der Waals surface area contributed by atoms with Crippen LogP contribution in [0.3, 0.4) is 0 Å². The van der Waals surface area contributed by atoms with Crippen molar-refractivity contribution in [1.29, 1.82) is 0 Å². The molecule has 2 heterocycles. The number of nitrogens with zero attached hydrogens (tertiary/aromatic N) is 2. The van der Waals surface area contributed by atoms with E-state index >= 15 is 0 Å². The molecule has 4 rings (SSSR count). The van der Waals surface area contributed by atoms with E-state index in [1.54, 1.807) is 0 Å². The van der Waals surface area contributed by atoms with Crippen molar-refractivity contribution in [3.63, 3.8) is 0 Å². The standard InChI is InChI=1S/C22H27N5/c1-2-23-22(27-19-10-9-16-6-3-4-7-17(16)14-19)25-13-11-18-15-26-21-20(18)8-5-12-24-21/h3-8,12,15,19H,2,9-11,13-14H2,1H3,(H,24,26)(H2,23,25,27). The molecule has 0 spiro atoms. The molecule has 140 valence electrons. The number of H-pyrrole nitrogens is 1. The lowest BCUT2D eigenvalue weighted by atomic mass is 9.88. The van der Waals surface area contributed by atoms with E-state index < -0.39 is 0 Å². The average Bonchev–Trinajstić information content (AvgIpc) is 3.11. The monoisotopic (exact) mass is 361 g/mol. The number of hydrogen-bond donors (Lipinski definition) is 3. The summed E-state index contributed by atoms with van der Waals surface area (Å²) in [6.45, 7) is 3.73. The van der Waals surface area contributed by atoms with Crippen LogP contribution < -0.4 is 10.6 Å². The normalized spacial score (nSPS) is 16.9. The number of aromatic nitrogens is 2. The number of aliphatic imine (C=N–C) groups is 1. The lowest BCUT2D eigenvalue weighted by Crippen LogP contribution is -2.45. The Kier molecular flexibility index (Phi) is 5.37. The second kappa shape index (κ2) is 8.25. The van der Waals surface area contributed by atoms with Crippen molar-refractivity contribution in [2.75, 3.05) is 13.1 Å². The van der Waals surface area contributed by atoms with Gasteiger partial charge in [-0.1, -0.05) is 24.3 Å². The highest BCUT2D eigenvalue weighted by molar-refractivity contribution is 5.81. The summed E-state index contributed by atoms with van der Waals surface area (Å²) < 4.78 is 0. The highest BCUT2D eigenvalue weighted by atomic mass is 15.2. The zero-order valence-electron chi connectivity index (χ0n) is 15.8. The van der Waals surface area contributed by atoms with Gasteiger partial charge in [0.1, 0.15) is 5.65 Å². The molecule has 1 atom stereocenters. The van der Waals surface area contributed by atoms with Crippen molar-refractivity contribution in [1.82, 2.24) is 20.6 Å². The van der Waals surface area contributed by atoms with E-state index in [4.69, 9.17) is 4.99 Å². The summed E-state index contributed by atoms with van der Waals surface area (Å²) in [5, 5.41) is 8.21. The lowest BCUT2D eigenvalue weighted by Gasteiger charge is -2.27. The molecule has 3 aromatic rings. The average molecular weight is 361 g/mol. The molecule has 0 radical (unpaired) electrons. The largest absolute Gasteiger partial charge is 0.357 e. The van der Waals surface area contributed by atoms with E-state index in [1.807, 2.05) is 18.5 Å². The maximum Gasteiger partial charge on any atom is 0.191 e. The topological polar surface area (TPSA) is 65.1 Å². The minimum atomic E-state index is 0.440. The van der Waals surface area contributed by atoms with E-state index in [9.17, 15) is 0 Å². The predicted octanol–water partition coefficient (Wildman–Crippen LogP) is 3.22. The molecule has 1 aromatic carbocycles. The molecule has 2 aromatic heterocycles. The Morgan fingerprint density at radius 1 is 1.22 bits per heavy atom. The van der Waals surface area contributed by atoms with Gasteiger partial charge < -0.3 is 15.6 Å². The molecule has 0 fully saturated rings. The molecule has 0 amide bonds. The highest BCUT2D eigenvalue weighted by Gasteiger charge is 2.18. The van der Waals surface area contributed by atoms with Crippen LogP contribution in [0.25, 0.3) is 11.0 Å². The van der Waals surface area contributed by atoms with Crippen LogP contribution in [0.15, 0.2) is 53.8 Å². The number of guanidine groups is 1. The third-order valence-corrected chi connectivity index (χ3v) is 5.22. The Bertz CT molecular complexity index is 927. The number of nitrogens with one attached hydrogen (secondary N) is 3. The van der Waals surface area contributed by atoms with Crippen LogP contribution in [0.1, 0.15) is 30.0 Å². The van der Waals surface area contributed by atoms with Crippen LogP contribution in [-0.2, 0) is 19.3 Å². The fraction of sp³-hybridized carbons (Fsp3) is 0.364. The summed E-state index contributed by atoms with van der Waals surface area (Å²) in [6, 6.07) is 13.3. The fourth-order valence-corrected chi connectivity index (χ4v) is 3.84. The van der Waals surface area contributed by atoms with Crippen LogP contribution in [-0.4, -0.2) is 35.1 Å². The van der Waals surface area contributed by atoms with E-state index in [0.717, 1.165) is 50.4 Å². The van der Waals surface area contributed by atoms with Gasteiger partial charge in [0.15, 0.2) is 5.96 Å². The van der Waals surface area contributed by atoms with Gasteiger partial charge in [-0.15, -0.1) is 0 Å². The Hall–Kier alpha value is -2.82. The number of fused-ring (bicyclic) bond motifs is 2. The third kappa shape index (κ3) is 4.13. The third-order valence-electron chi connectivity index (χ3n) is 5.22. The Morgan fingerprint density at radius 2 is 2.11 bits per heavy atom. The number of aromatic amines is 1. The summed E-state index contributed by atoms with van der Waals surface area (Å²) in [5.74, 6) is 0.917. The molecule has 1 unspecified atom stereocenters. The van der Waals surface area contributed by atoms with E-state index in [2.05, 4.69) is 57.9 Å². The Morgan fingerprint density at radius 3 is 3.00 bits per heavy atom.